The number of rotatable bonds is 6. The second-order valence-electron chi connectivity index (χ2n) is 5.44. The zero-order valence-corrected chi connectivity index (χ0v) is 11.6. The van der Waals surface area contributed by atoms with Crippen LogP contribution >= 0.6 is 0 Å². The Kier molecular flexibility index (Phi) is 5.73. The Morgan fingerprint density at radius 1 is 1.06 bits per heavy atom. The molecule has 1 aliphatic heterocycles. The van der Waals surface area contributed by atoms with Gasteiger partial charge < -0.3 is 4.74 Å². The highest BCUT2D eigenvalue weighted by molar-refractivity contribution is 5.17. The minimum Gasteiger partial charge on any atom is -0.370 e. The first-order valence-corrected chi connectivity index (χ1v) is 7.60. The first kappa shape index (κ1) is 13.6. The summed E-state index contributed by atoms with van der Waals surface area (Å²) in [7, 11) is 0. The Hall–Kier alpha value is -0.820. The third-order valence-electron chi connectivity index (χ3n) is 3.90. The molecule has 0 radical (unpaired) electrons. The van der Waals surface area contributed by atoms with E-state index in [9.17, 15) is 0 Å². The normalized spacial score (nSPS) is 24.1. The Labute approximate surface area is 112 Å². The molecule has 2 rings (SSSR count). The molecule has 0 N–H and O–H groups in total. The summed E-state index contributed by atoms with van der Waals surface area (Å²) >= 11 is 0. The number of hydrogen-bond acceptors (Lipinski definition) is 1. The standard InChI is InChI=1S/C17H26O/c1-2-3-4-8-12-16-13-9-14-17(18-16)15-10-6-5-7-11-15/h5-7,10-11,16-17H,2-4,8-9,12-14H2,1H3/t16-,17+/m1/s1. The van der Waals surface area contributed by atoms with Gasteiger partial charge in [0.1, 0.15) is 0 Å². The second-order valence-corrected chi connectivity index (χ2v) is 5.44. The van der Waals surface area contributed by atoms with Crippen LogP contribution in [0.4, 0.5) is 0 Å². The molecule has 2 atom stereocenters. The van der Waals surface area contributed by atoms with Gasteiger partial charge in [-0.25, -0.2) is 0 Å². The van der Waals surface area contributed by atoms with E-state index < -0.39 is 0 Å². The Morgan fingerprint density at radius 3 is 2.67 bits per heavy atom. The van der Waals surface area contributed by atoms with Crippen molar-refractivity contribution in [3.8, 4) is 0 Å². The summed E-state index contributed by atoms with van der Waals surface area (Å²) in [4.78, 5) is 0. The highest BCUT2D eigenvalue weighted by Crippen LogP contribution is 2.32. The number of hydrogen-bond donors (Lipinski definition) is 0. The first-order valence-electron chi connectivity index (χ1n) is 7.60. The van der Waals surface area contributed by atoms with Crippen molar-refractivity contribution in [2.75, 3.05) is 0 Å². The van der Waals surface area contributed by atoms with Gasteiger partial charge in [0.25, 0.3) is 0 Å². The van der Waals surface area contributed by atoms with Crippen molar-refractivity contribution in [1.29, 1.82) is 0 Å². The van der Waals surface area contributed by atoms with Crippen LogP contribution in [0.5, 0.6) is 0 Å². The van der Waals surface area contributed by atoms with Crippen molar-refractivity contribution in [3.05, 3.63) is 35.9 Å². The molecule has 1 heterocycles. The van der Waals surface area contributed by atoms with Crippen LogP contribution in [-0.4, -0.2) is 6.10 Å². The van der Waals surface area contributed by atoms with E-state index in [1.807, 2.05) is 0 Å². The molecular formula is C17H26O. The monoisotopic (exact) mass is 246 g/mol. The number of ether oxygens (including phenoxy) is 1. The van der Waals surface area contributed by atoms with Gasteiger partial charge in [0.15, 0.2) is 0 Å². The third-order valence-corrected chi connectivity index (χ3v) is 3.90. The van der Waals surface area contributed by atoms with Crippen molar-refractivity contribution >= 4 is 0 Å². The van der Waals surface area contributed by atoms with Crippen molar-refractivity contribution in [1.82, 2.24) is 0 Å². The van der Waals surface area contributed by atoms with Crippen LogP contribution < -0.4 is 0 Å². The molecule has 1 aromatic rings. The zero-order chi connectivity index (χ0) is 12.6. The molecule has 1 nitrogen and oxygen atoms in total. The predicted molar refractivity (Wildman–Crippen MR) is 76.7 cm³/mol. The maximum atomic E-state index is 6.25. The molecule has 18 heavy (non-hydrogen) atoms. The number of unbranched alkanes of at least 4 members (excludes halogenated alkanes) is 3. The summed E-state index contributed by atoms with van der Waals surface area (Å²) in [6.45, 7) is 2.27. The van der Waals surface area contributed by atoms with Crippen LogP contribution in [0.2, 0.25) is 0 Å². The van der Waals surface area contributed by atoms with Gasteiger partial charge in [-0.15, -0.1) is 0 Å². The summed E-state index contributed by atoms with van der Waals surface area (Å²) in [6, 6.07) is 10.7. The second kappa shape index (κ2) is 7.58. The fourth-order valence-corrected chi connectivity index (χ4v) is 2.82. The quantitative estimate of drug-likeness (QED) is 0.621. The van der Waals surface area contributed by atoms with E-state index in [4.69, 9.17) is 4.74 Å². The molecule has 1 aliphatic rings. The smallest absolute Gasteiger partial charge is 0.0828 e. The third kappa shape index (κ3) is 4.13. The van der Waals surface area contributed by atoms with Crippen LogP contribution in [0.3, 0.4) is 0 Å². The highest BCUT2D eigenvalue weighted by atomic mass is 16.5. The predicted octanol–water partition coefficient (Wildman–Crippen LogP) is 5.27. The van der Waals surface area contributed by atoms with Gasteiger partial charge in [-0.2, -0.15) is 0 Å². The minimum absolute atomic E-state index is 0.344. The Morgan fingerprint density at radius 2 is 1.89 bits per heavy atom. The van der Waals surface area contributed by atoms with Crippen LogP contribution in [0.1, 0.15) is 70.0 Å². The Bertz CT molecular complexity index is 320. The SMILES string of the molecule is CCCCCC[C@@H]1CCC[C@@H](c2ccccc2)O1. The molecule has 1 fully saturated rings. The summed E-state index contributed by atoms with van der Waals surface area (Å²) in [5.74, 6) is 0. The van der Waals surface area contributed by atoms with Crippen molar-refractivity contribution < 1.29 is 4.74 Å². The fourth-order valence-electron chi connectivity index (χ4n) is 2.82. The van der Waals surface area contributed by atoms with E-state index in [1.54, 1.807) is 0 Å². The highest BCUT2D eigenvalue weighted by Gasteiger charge is 2.22. The van der Waals surface area contributed by atoms with E-state index in [0.717, 1.165) is 0 Å². The van der Waals surface area contributed by atoms with Crippen LogP contribution in [-0.2, 0) is 4.74 Å². The summed E-state index contributed by atoms with van der Waals surface area (Å²) in [5.41, 5.74) is 1.36. The molecule has 0 aromatic heterocycles. The number of benzene rings is 1. The average Bonchev–Trinajstić information content (AvgIpc) is 2.45. The molecule has 0 unspecified atom stereocenters. The molecule has 0 amide bonds. The molecule has 1 heteroatoms. The lowest BCUT2D eigenvalue weighted by molar-refractivity contribution is -0.0557. The maximum Gasteiger partial charge on any atom is 0.0828 e. The van der Waals surface area contributed by atoms with E-state index in [2.05, 4.69) is 37.3 Å². The molecule has 0 bridgehead atoms. The summed E-state index contributed by atoms with van der Waals surface area (Å²) < 4.78 is 6.25. The summed E-state index contributed by atoms with van der Waals surface area (Å²) in [5, 5.41) is 0. The molecular weight excluding hydrogens is 220 g/mol. The zero-order valence-electron chi connectivity index (χ0n) is 11.6. The van der Waals surface area contributed by atoms with Gasteiger partial charge in [-0.1, -0.05) is 62.9 Å². The topological polar surface area (TPSA) is 9.23 Å². The van der Waals surface area contributed by atoms with Crippen LogP contribution in [0, 0.1) is 0 Å². The fraction of sp³-hybridized carbons (Fsp3) is 0.647. The molecule has 0 saturated carbocycles. The van der Waals surface area contributed by atoms with E-state index in [-0.39, 0.29) is 0 Å². The lowest BCUT2D eigenvalue weighted by Gasteiger charge is -2.30. The minimum atomic E-state index is 0.344. The van der Waals surface area contributed by atoms with Crippen molar-refractivity contribution in [3.63, 3.8) is 0 Å². The van der Waals surface area contributed by atoms with E-state index in [0.29, 0.717) is 12.2 Å². The van der Waals surface area contributed by atoms with Gasteiger partial charge in [0.2, 0.25) is 0 Å². The average molecular weight is 246 g/mol. The molecule has 1 saturated heterocycles. The van der Waals surface area contributed by atoms with Gasteiger partial charge >= 0.3 is 0 Å². The maximum absolute atomic E-state index is 6.25. The molecule has 1 aromatic carbocycles. The van der Waals surface area contributed by atoms with Gasteiger partial charge in [0, 0.05) is 0 Å². The molecule has 0 aliphatic carbocycles. The van der Waals surface area contributed by atoms with Gasteiger partial charge in [0.05, 0.1) is 12.2 Å². The van der Waals surface area contributed by atoms with Crippen LogP contribution in [0.25, 0.3) is 0 Å². The van der Waals surface area contributed by atoms with E-state index in [1.165, 1.54) is 56.9 Å². The van der Waals surface area contributed by atoms with Crippen molar-refractivity contribution in [2.24, 2.45) is 0 Å². The van der Waals surface area contributed by atoms with Crippen LogP contribution in [0.15, 0.2) is 30.3 Å². The van der Waals surface area contributed by atoms with Crippen molar-refractivity contribution in [2.45, 2.75) is 70.5 Å². The lowest BCUT2D eigenvalue weighted by Crippen LogP contribution is -2.22. The van der Waals surface area contributed by atoms with Gasteiger partial charge in [-0.05, 0) is 31.2 Å². The lowest BCUT2D eigenvalue weighted by atomic mass is 9.96. The first-order chi connectivity index (χ1) is 8.90. The summed E-state index contributed by atoms with van der Waals surface area (Å²) in [6.07, 6.45) is 11.3. The molecule has 100 valence electrons. The largest absolute Gasteiger partial charge is 0.370 e. The van der Waals surface area contributed by atoms with E-state index >= 15 is 0 Å². The molecule has 0 spiro atoms. The van der Waals surface area contributed by atoms with Gasteiger partial charge in [-0.3, -0.25) is 0 Å². The Balaban J connectivity index is 1.78.